The first-order valence-electron chi connectivity index (χ1n) is 23.1. The number of nitrogens with two attached hydrogens (primary N) is 2. The average molecular weight is 946 g/mol. The zero-order chi connectivity index (χ0) is 50.7. The number of nitrogen functional groups attached to an aromatic ring is 2. The number of aryl methyl sites for hydroxylation is 6. The molecular weight excluding hydrogens is 864 g/mol. The van der Waals surface area contributed by atoms with Crippen LogP contribution in [-0.4, -0.2) is 31.7 Å². The Hall–Kier alpha value is -5.90. The maximum absolute atomic E-state index is 12.1. The van der Waals surface area contributed by atoms with Crippen LogP contribution in [-0.2, 0) is 21.4 Å². The Morgan fingerprint density at radius 1 is 0.618 bits per heavy atom. The fourth-order valence-corrected chi connectivity index (χ4v) is 6.36. The summed E-state index contributed by atoms with van der Waals surface area (Å²) in [6.45, 7) is 30.9. The van der Waals surface area contributed by atoms with E-state index in [-0.39, 0.29) is 34.8 Å². The van der Waals surface area contributed by atoms with Crippen molar-refractivity contribution in [3.05, 3.63) is 166 Å². The van der Waals surface area contributed by atoms with Gasteiger partial charge in [0.15, 0.2) is 5.82 Å². The molecule has 5 aromatic carbocycles. The summed E-state index contributed by atoms with van der Waals surface area (Å²) in [6.07, 6.45) is 3.27. The van der Waals surface area contributed by atoms with Crippen molar-refractivity contribution in [2.45, 2.75) is 142 Å². The largest absolute Gasteiger partial charge is 0.399 e. The second-order valence-corrected chi connectivity index (χ2v) is 19.4. The molecule has 1 heterocycles. The lowest BCUT2D eigenvalue weighted by atomic mass is 9.82. The number of aromatic nitrogens is 3. The Kier molecular flexibility index (Phi) is 24.6. The van der Waals surface area contributed by atoms with E-state index in [1.807, 2.05) is 83.4 Å². The molecule has 6 aromatic rings. The van der Waals surface area contributed by atoms with Gasteiger partial charge in [0.25, 0.3) is 5.91 Å². The SMILES string of the molecule is C.CCC(C)(C)C(=O)Cc1ccc(C)cc1C.CCC(C)(C)C(=O)Cl.CCC(C)(C)c1nnc(-c2ccccc2)n1-c1ccc(C)cc1C.Cc1ccc(N)c(C)c1.NNC(=O)c1ccccc1. The van der Waals surface area contributed by atoms with Crippen LogP contribution in [0.4, 0.5) is 5.69 Å². The Morgan fingerprint density at radius 2 is 1.10 bits per heavy atom. The molecule has 0 fully saturated rings. The molecule has 9 nitrogen and oxygen atoms in total. The molecule has 5 N–H and O–H groups in total. The van der Waals surface area contributed by atoms with Gasteiger partial charge in [-0.2, -0.15) is 0 Å². The minimum absolute atomic E-state index is 0. The van der Waals surface area contributed by atoms with Gasteiger partial charge in [-0.25, -0.2) is 5.84 Å². The van der Waals surface area contributed by atoms with Crippen LogP contribution in [0.1, 0.15) is 144 Å². The van der Waals surface area contributed by atoms with E-state index in [9.17, 15) is 14.4 Å². The lowest BCUT2D eigenvalue weighted by Crippen LogP contribution is -2.29. The number of carbonyl (C=O) groups is 3. The van der Waals surface area contributed by atoms with Crippen molar-refractivity contribution in [3.8, 4) is 17.1 Å². The highest BCUT2D eigenvalue weighted by Gasteiger charge is 2.29. The van der Waals surface area contributed by atoms with Gasteiger partial charge in [0.1, 0.15) is 11.6 Å². The molecular formula is C58H81ClN6O3. The Balaban J connectivity index is 0.000000456. The van der Waals surface area contributed by atoms with E-state index < -0.39 is 0 Å². The van der Waals surface area contributed by atoms with Gasteiger partial charge in [-0.05, 0) is 119 Å². The van der Waals surface area contributed by atoms with Crippen LogP contribution in [0.3, 0.4) is 0 Å². The van der Waals surface area contributed by atoms with Crippen molar-refractivity contribution >= 4 is 34.2 Å². The summed E-state index contributed by atoms with van der Waals surface area (Å²) in [6, 6.07) is 38.0. The van der Waals surface area contributed by atoms with Gasteiger partial charge in [-0.3, -0.25) is 24.4 Å². The number of Topliss-reactive ketones (excluding diaryl/α,β-unsaturated/α-hetero) is 1. The fraction of sp³-hybridized carbons (Fsp3) is 0.397. The average Bonchev–Trinajstić information content (AvgIpc) is 3.76. The first-order valence-corrected chi connectivity index (χ1v) is 23.5. The van der Waals surface area contributed by atoms with E-state index in [4.69, 9.17) is 23.2 Å². The smallest absolute Gasteiger partial charge is 0.265 e. The molecule has 0 aliphatic heterocycles. The summed E-state index contributed by atoms with van der Waals surface area (Å²) in [4.78, 5) is 33.3. The highest BCUT2D eigenvalue weighted by molar-refractivity contribution is 6.64. The summed E-state index contributed by atoms with van der Waals surface area (Å²) >= 11 is 5.23. The minimum atomic E-state index is -0.332. The number of hydrazine groups is 1. The lowest BCUT2D eigenvalue weighted by Gasteiger charge is -2.24. The first-order chi connectivity index (χ1) is 31.3. The minimum Gasteiger partial charge on any atom is -0.399 e. The number of rotatable bonds is 11. The molecule has 0 spiro atoms. The number of anilines is 1. The third-order valence-electron chi connectivity index (χ3n) is 12.3. The van der Waals surface area contributed by atoms with Crippen molar-refractivity contribution in [2.24, 2.45) is 16.7 Å². The molecule has 0 radical (unpaired) electrons. The van der Waals surface area contributed by atoms with Gasteiger partial charge in [-0.15, -0.1) is 10.2 Å². The monoisotopic (exact) mass is 945 g/mol. The van der Waals surface area contributed by atoms with E-state index in [1.54, 1.807) is 24.3 Å². The van der Waals surface area contributed by atoms with Crippen molar-refractivity contribution < 1.29 is 14.4 Å². The Labute approximate surface area is 414 Å². The molecule has 1 aromatic heterocycles. The quantitative estimate of drug-likeness (QED) is 0.0385. The third-order valence-corrected chi connectivity index (χ3v) is 12.8. The summed E-state index contributed by atoms with van der Waals surface area (Å²) < 4.78 is 2.23. The van der Waals surface area contributed by atoms with E-state index in [0.717, 1.165) is 59.0 Å². The Morgan fingerprint density at radius 3 is 1.53 bits per heavy atom. The van der Waals surface area contributed by atoms with E-state index in [2.05, 4.69) is 132 Å². The number of hydrogen-bond acceptors (Lipinski definition) is 7. The molecule has 368 valence electrons. The van der Waals surface area contributed by atoms with Crippen molar-refractivity contribution in [1.29, 1.82) is 0 Å². The standard InChI is InChI=1S/C21H25N3.C15H22O.C8H11N.C7H8N2O.C6H11ClO.CH4/c1-6-21(4,5)20-23-22-19(17-10-8-7-9-11-17)24(20)18-13-12-15(2)14-16(18)3;1-6-15(4,5)14(16)10-13-8-7-11(2)9-12(13)3;1-6-3-4-8(9)7(2)5-6;8-9-7(10)6-4-2-1-3-5-6;1-4-6(2,3)5(7)8;/h7-14H,6H2,1-5H3;7-9H,6,10H2,1-5H3;3-5H,9H2,1-2H3;1-5H,8H2,(H,9,10);4H2,1-3H3;1H4. The van der Waals surface area contributed by atoms with Crippen molar-refractivity contribution in [1.82, 2.24) is 20.2 Å². The summed E-state index contributed by atoms with van der Waals surface area (Å²) in [7, 11) is 0. The van der Waals surface area contributed by atoms with Gasteiger partial charge in [0.05, 0.1) is 5.69 Å². The van der Waals surface area contributed by atoms with E-state index in [1.165, 1.54) is 27.8 Å². The highest BCUT2D eigenvalue weighted by Crippen LogP contribution is 2.33. The number of halogens is 1. The van der Waals surface area contributed by atoms with Gasteiger partial charge in [0.2, 0.25) is 5.24 Å². The maximum Gasteiger partial charge on any atom is 0.265 e. The van der Waals surface area contributed by atoms with Crippen molar-refractivity contribution in [2.75, 3.05) is 5.73 Å². The molecule has 10 heteroatoms. The lowest BCUT2D eigenvalue weighted by molar-refractivity contribution is -0.126. The van der Waals surface area contributed by atoms with Crippen LogP contribution in [0.15, 0.2) is 115 Å². The topological polar surface area (TPSA) is 146 Å². The zero-order valence-corrected chi connectivity index (χ0v) is 43.7. The fourth-order valence-electron chi connectivity index (χ4n) is 6.23. The predicted molar refractivity (Wildman–Crippen MR) is 288 cm³/mol. The third kappa shape index (κ3) is 18.3. The molecule has 0 bridgehead atoms. The number of nitrogens with one attached hydrogen (secondary N) is 1. The van der Waals surface area contributed by atoms with E-state index >= 15 is 0 Å². The van der Waals surface area contributed by atoms with Crippen LogP contribution < -0.4 is 17.0 Å². The first kappa shape index (κ1) is 60.1. The predicted octanol–water partition coefficient (Wildman–Crippen LogP) is 14.1. The summed E-state index contributed by atoms with van der Waals surface area (Å²) in [5, 5.41) is 8.89. The summed E-state index contributed by atoms with van der Waals surface area (Å²) in [5.41, 5.74) is 19.3. The zero-order valence-electron chi connectivity index (χ0n) is 42.9. The van der Waals surface area contributed by atoms with Gasteiger partial charge >= 0.3 is 0 Å². The number of nitrogens with zero attached hydrogens (tertiary/aromatic N) is 3. The molecule has 0 saturated heterocycles. The molecule has 0 aliphatic rings. The van der Waals surface area contributed by atoms with Crippen LogP contribution in [0.5, 0.6) is 0 Å². The van der Waals surface area contributed by atoms with Gasteiger partial charge in [0, 0.05) is 39.5 Å². The molecule has 0 unspecified atom stereocenters. The summed E-state index contributed by atoms with van der Waals surface area (Å²) in [5.74, 6) is 6.89. The number of hydrogen-bond donors (Lipinski definition) is 3. The van der Waals surface area contributed by atoms with Crippen LogP contribution in [0, 0.1) is 52.4 Å². The Bertz CT molecular complexity index is 2510. The highest BCUT2D eigenvalue weighted by atomic mass is 35.5. The van der Waals surface area contributed by atoms with Crippen LogP contribution >= 0.6 is 11.6 Å². The van der Waals surface area contributed by atoms with Crippen molar-refractivity contribution in [3.63, 3.8) is 0 Å². The molecule has 0 saturated carbocycles. The molecule has 0 atom stereocenters. The molecule has 6 rings (SSSR count). The number of amides is 1. The van der Waals surface area contributed by atoms with E-state index in [0.29, 0.717) is 17.8 Å². The van der Waals surface area contributed by atoms with Gasteiger partial charge in [-0.1, -0.05) is 177 Å². The molecule has 0 aliphatic carbocycles. The normalized spacial score (nSPS) is 10.8. The molecule has 68 heavy (non-hydrogen) atoms. The van der Waals surface area contributed by atoms with Crippen LogP contribution in [0.2, 0.25) is 0 Å². The second kappa shape index (κ2) is 27.8. The number of carbonyl (C=O) groups excluding carboxylic acids is 3. The number of ketones is 1. The maximum atomic E-state index is 12.1. The number of benzene rings is 5. The van der Waals surface area contributed by atoms with Crippen LogP contribution in [0.25, 0.3) is 17.1 Å². The molecule has 1 amide bonds. The van der Waals surface area contributed by atoms with Gasteiger partial charge < -0.3 is 5.73 Å². The second-order valence-electron chi connectivity index (χ2n) is 19.1.